The fraction of sp³-hybridized carbons (Fsp3) is 0.105. The van der Waals surface area contributed by atoms with E-state index in [1.165, 1.54) is 30.1 Å². The van der Waals surface area contributed by atoms with Crippen LogP contribution < -0.4 is 0 Å². The van der Waals surface area contributed by atoms with Crippen molar-refractivity contribution in [1.29, 1.82) is 0 Å². The lowest BCUT2D eigenvalue weighted by Crippen LogP contribution is -2.08. The van der Waals surface area contributed by atoms with Crippen molar-refractivity contribution in [3.63, 3.8) is 0 Å². The number of carboxylic acids is 1. The van der Waals surface area contributed by atoms with E-state index in [9.17, 15) is 24.6 Å². The molecule has 0 unspecified atom stereocenters. The number of aromatic carboxylic acids is 1. The summed E-state index contributed by atoms with van der Waals surface area (Å²) in [4.78, 5) is 39.0. The molecule has 0 saturated carbocycles. The normalized spacial score (nSPS) is 11.4. The molecule has 0 spiro atoms. The maximum Gasteiger partial charge on any atom is 0.337 e. The van der Waals surface area contributed by atoms with Gasteiger partial charge >= 0.3 is 5.97 Å². The van der Waals surface area contributed by atoms with Crippen LogP contribution in [0, 0.1) is 0 Å². The number of Topliss-reactive ketones (excluding diaryl/α,β-unsaturated/α-hetero) is 1. The van der Waals surface area contributed by atoms with Gasteiger partial charge in [-0.2, -0.15) is 5.10 Å². The van der Waals surface area contributed by atoms with Crippen LogP contribution >= 0.6 is 0 Å². The summed E-state index contributed by atoms with van der Waals surface area (Å²) in [6, 6.07) is 8.01. The van der Waals surface area contributed by atoms with E-state index in [1.54, 1.807) is 24.3 Å². The van der Waals surface area contributed by atoms with Gasteiger partial charge < -0.3 is 14.8 Å². The highest BCUT2D eigenvalue weighted by Crippen LogP contribution is 2.16. The number of nitrogens with one attached hydrogen (secondary N) is 1. The van der Waals surface area contributed by atoms with E-state index in [0.29, 0.717) is 5.56 Å². The summed E-state index contributed by atoms with van der Waals surface area (Å²) in [5.41, 5.74) is 1.34. The molecule has 0 saturated heterocycles. The zero-order valence-electron chi connectivity index (χ0n) is 14.8. The molecule has 0 radical (unpaired) electrons. The molecule has 9 heteroatoms. The minimum absolute atomic E-state index is 0.0512. The van der Waals surface area contributed by atoms with Gasteiger partial charge in [-0.1, -0.05) is 24.3 Å². The Hall–Kier alpha value is -4.01. The summed E-state index contributed by atoms with van der Waals surface area (Å²) in [7, 11) is 0. The standard InChI is InChI=1S/C19H16N4O5/c1-11(24)13-4-2-12(3-5-13)8-23-9-14(19(27)28)6-15(23)16(25)7-17(26)18-20-10-21-22-18/h2-7,9-10,26H,8H2,1H3,(H,27,28)(H,20,21,22). The Balaban J connectivity index is 1.92. The van der Waals surface area contributed by atoms with Crippen LogP contribution in [0.4, 0.5) is 0 Å². The monoisotopic (exact) mass is 380 g/mol. The highest BCUT2D eigenvalue weighted by Gasteiger charge is 2.17. The van der Waals surface area contributed by atoms with Gasteiger partial charge in [0.1, 0.15) is 6.33 Å². The number of aliphatic hydroxyl groups is 1. The van der Waals surface area contributed by atoms with Crippen molar-refractivity contribution in [3.05, 3.63) is 77.1 Å². The Labute approximate surface area is 159 Å². The van der Waals surface area contributed by atoms with Crippen LogP contribution in [0.1, 0.15) is 49.5 Å². The van der Waals surface area contributed by atoms with Gasteiger partial charge in [0.25, 0.3) is 0 Å². The van der Waals surface area contributed by atoms with Crippen LogP contribution in [-0.2, 0) is 6.54 Å². The second-order valence-electron chi connectivity index (χ2n) is 6.02. The molecule has 0 aliphatic rings. The van der Waals surface area contributed by atoms with Crippen molar-refractivity contribution >= 4 is 23.3 Å². The summed E-state index contributed by atoms with van der Waals surface area (Å²) in [5, 5.41) is 25.3. The lowest BCUT2D eigenvalue weighted by Gasteiger charge is -2.08. The average Bonchev–Trinajstić information content (AvgIpc) is 3.32. The first-order valence-electron chi connectivity index (χ1n) is 8.19. The fourth-order valence-electron chi connectivity index (χ4n) is 2.60. The number of carboxylic acid groups (broad SMARTS) is 1. The van der Waals surface area contributed by atoms with Crippen LogP contribution in [0.25, 0.3) is 5.76 Å². The number of ketones is 2. The molecule has 0 aliphatic carbocycles. The molecule has 0 amide bonds. The van der Waals surface area contributed by atoms with Crippen LogP contribution in [0.2, 0.25) is 0 Å². The number of benzene rings is 1. The first-order valence-corrected chi connectivity index (χ1v) is 8.19. The summed E-state index contributed by atoms with van der Waals surface area (Å²) in [6.07, 6.45) is 3.52. The van der Waals surface area contributed by atoms with Gasteiger partial charge in [0, 0.05) is 24.4 Å². The Morgan fingerprint density at radius 1 is 1.14 bits per heavy atom. The molecule has 1 aromatic carbocycles. The highest BCUT2D eigenvalue weighted by molar-refractivity contribution is 6.07. The van der Waals surface area contributed by atoms with Crippen LogP contribution in [0.5, 0.6) is 0 Å². The molecule has 3 rings (SSSR count). The zero-order valence-corrected chi connectivity index (χ0v) is 14.8. The van der Waals surface area contributed by atoms with Crippen molar-refractivity contribution in [2.75, 3.05) is 0 Å². The van der Waals surface area contributed by atoms with Gasteiger partial charge in [0.15, 0.2) is 11.5 Å². The second-order valence-corrected chi connectivity index (χ2v) is 6.02. The van der Waals surface area contributed by atoms with Crippen molar-refractivity contribution in [1.82, 2.24) is 19.7 Å². The van der Waals surface area contributed by atoms with Gasteiger partial charge in [-0.25, -0.2) is 9.78 Å². The number of rotatable bonds is 7. The zero-order chi connectivity index (χ0) is 20.3. The number of hydrogen-bond acceptors (Lipinski definition) is 6. The molecular weight excluding hydrogens is 364 g/mol. The molecule has 0 bridgehead atoms. The van der Waals surface area contributed by atoms with Gasteiger partial charge in [-0.15, -0.1) is 0 Å². The van der Waals surface area contributed by atoms with E-state index in [1.807, 2.05) is 0 Å². The third kappa shape index (κ3) is 4.04. The van der Waals surface area contributed by atoms with Gasteiger partial charge in [-0.3, -0.25) is 14.7 Å². The molecule has 2 heterocycles. The Morgan fingerprint density at radius 2 is 1.86 bits per heavy atom. The highest BCUT2D eigenvalue weighted by atomic mass is 16.4. The molecule has 3 aromatic rings. The largest absolute Gasteiger partial charge is 0.504 e. The molecule has 3 N–H and O–H groups in total. The van der Waals surface area contributed by atoms with Crippen LogP contribution in [0.15, 0.2) is 48.9 Å². The van der Waals surface area contributed by atoms with E-state index in [4.69, 9.17) is 0 Å². The van der Waals surface area contributed by atoms with Gasteiger partial charge in [0.2, 0.25) is 11.6 Å². The number of allylic oxidation sites excluding steroid dienone is 1. The van der Waals surface area contributed by atoms with Crippen molar-refractivity contribution in [3.8, 4) is 0 Å². The minimum Gasteiger partial charge on any atom is -0.504 e. The summed E-state index contributed by atoms with van der Waals surface area (Å²) in [6.45, 7) is 1.67. The van der Waals surface area contributed by atoms with E-state index in [0.717, 1.165) is 11.6 Å². The number of carbonyl (C=O) groups is 3. The maximum absolute atomic E-state index is 12.6. The lowest BCUT2D eigenvalue weighted by atomic mass is 10.1. The predicted octanol–water partition coefficient (Wildman–Crippen LogP) is 2.34. The molecule has 0 atom stereocenters. The van der Waals surface area contributed by atoms with Crippen molar-refractivity contribution in [2.45, 2.75) is 13.5 Å². The number of aromatic nitrogens is 4. The van der Waals surface area contributed by atoms with Crippen molar-refractivity contribution < 1.29 is 24.6 Å². The summed E-state index contributed by atoms with van der Waals surface area (Å²) in [5.74, 6) is -2.34. The van der Waals surface area contributed by atoms with Gasteiger partial charge in [-0.05, 0) is 18.6 Å². The Bertz CT molecular complexity index is 1060. The SMILES string of the molecule is CC(=O)c1ccc(Cn2cc(C(=O)O)cc2C(=O)C=C(O)c2nc[nH]n2)cc1. The number of nitrogens with zero attached hydrogens (tertiary/aromatic N) is 3. The van der Waals surface area contributed by atoms with Crippen molar-refractivity contribution in [2.24, 2.45) is 0 Å². The molecule has 9 nitrogen and oxygen atoms in total. The van der Waals surface area contributed by atoms with Crippen LogP contribution in [0.3, 0.4) is 0 Å². The Kier molecular flexibility index (Phi) is 5.16. The fourth-order valence-corrected chi connectivity index (χ4v) is 2.60. The number of carbonyl (C=O) groups excluding carboxylic acids is 2. The first kappa shape index (κ1) is 18.8. The lowest BCUT2D eigenvalue weighted by molar-refractivity contribution is 0.0696. The topological polar surface area (TPSA) is 138 Å². The Morgan fingerprint density at radius 3 is 2.43 bits per heavy atom. The maximum atomic E-state index is 12.6. The first-order chi connectivity index (χ1) is 13.3. The summed E-state index contributed by atoms with van der Waals surface area (Å²) >= 11 is 0. The second kappa shape index (κ2) is 7.70. The minimum atomic E-state index is -1.18. The van der Waals surface area contributed by atoms with E-state index in [2.05, 4.69) is 15.2 Å². The molecule has 142 valence electrons. The van der Waals surface area contributed by atoms with Gasteiger partial charge in [0.05, 0.1) is 11.3 Å². The molecule has 0 fully saturated rings. The predicted molar refractivity (Wildman–Crippen MR) is 98.3 cm³/mol. The number of hydrogen-bond donors (Lipinski definition) is 3. The third-order valence-corrected chi connectivity index (χ3v) is 4.02. The summed E-state index contributed by atoms with van der Waals surface area (Å²) < 4.78 is 1.47. The molecule has 28 heavy (non-hydrogen) atoms. The molecule has 0 aliphatic heterocycles. The average molecular weight is 380 g/mol. The number of aromatic amines is 1. The van der Waals surface area contributed by atoms with Crippen LogP contribution in [-0.4, -0.2) is 47.5 Å². The number of aliphatic hydroxyl groups excluding tert-OH is 1. The number of H-pyrrole nitrogens is 1. The van der Waals surface area contributed by atoms with E-state index >= 15 is 0 Å². The molecule has 2 aromatic heterocycles. The smallest absolute Gasteiger partial charge is 0.337 e. The third-order valence-electron chi connectivity index (χ3n) is 4.02. The van der Waals surface area contributed by atoms with E-state index in [-0.39, 0.29) is 29.4 Å². The molecular formula is C19H16N4O5. The van der Waals surface area contributed by atoms with E-state index < -0.39 is 17.5 Å². The quantitative estimate of drug-likeness (QED) is 0.325.